The molecule has 0 aliphatic rings. The number of thiazole rings is 1. The van der Waals surface area contributed by atoms with Crippen LogP contribution in [0.2, 0.25) is 0 Å². The van der Waals surface area contributed by atoms with Gasteiger partial charge in [0.05, 0.1) is 0 Å². The molecule has 2 aromatic rings. The van der Waals surface area contributed by atoms with Crippen molar-refractivity contribution in [3.63, 3.8) is 0 Å². The van der Waals surface area contributed by atoms with Gasteiger partial charge in [-0.05, 0) is 24.6 Å². The first-order valence-corrected chi connectivity index (χ1v) is 8.33. The number of nitrogens with one attached hydrogen (secondary N) is 1. The van der Waals surface area contributed by atoms with E-state index in [4.69, 9.17) is 0 Å². The van der Waals surface area contributed by atoms with Gasteiger partial charge < -0.3 is 14.6 Å². The number of carbonyl (C=O) groups excluding carboxylic acids is 1. The third-order valence-corrected chi connectivity index (χ3v) is 4.24. The number of hydrogen-bond donors (Lipinski definition) is 1. The second-order valence-electron chi connectivity index (χ2n) is 5.37. The number of benzene rings is 1. The number of aromatic nitrogens is 1. The molecule has 2 rings (SSSR count). The molecule has 1 aromatic heterocycles. The zero-order chi connectivity index (χ0) is 18.4. The Kier molecular flexibility index (Phi) is 6.24. The van der Waals surface area contributed by atoms with Crippen molar-refractivity contribution in [2.45, 2.75) is 32.6 Å². The van der Waals surface area contributed by atoms with Crippen LogP contribution in [-0.4, -0.2) is 23.3 Å². The van der Waals surface area contributed by atoms with Crippen molar-refractivity contribution in [2.75, 3.05) is 6.61 Å². The predicted octanol–water partition coefficient (Wildman–Crippen LogP) is 2.87. The van der Waals surface area contributed by atoms with Crippen LogP contribution in [0.3, 0.4) is 0 Å². The van der Waals surface area contributed by atoms with Gasteiger partial charge in [0, 0.05) is 30.6 Å². The van der Waals surface area contributed by atoms with E-state index in [1.165, 1.54) is 16.7 Å². The number of amides is 1. The van der Waals surface area contributed by atoms with Crippen molar-refractivity contribution >= 4 is 17.2 Å². The van der Waals surface area contributed by atoms with Gasteiger partial charge in [-0.2, -0.15) is 13.2 Å². The molecule has 25 heavy (non-hydrogen) atoms. The SMILES string of the molecule is Cc1csc(=O)n1CCC(=O)NCc1ccc(OCC(F)(F)F)cc1. The molecule has 0 saturated heterocycles. The quantitative estimate of drug-likeness (QED) is 0.811. The summed E-state index contributed by atoms with van der Waals surface area (Å²) in [6, 6.07) is 6.00. The van der Waals surface area contributed by atoms with Gasteiger partial charge in [-0.1, -0.05) is 23.5 Å². The Labute approximate surface area is 146 Å². The van der Waals surface area contributed by atoms with Crippen molar-refractivity contribution in [1.29, 1.82) is 0 Å². The highest BCUT2D eigenvalue weighted by Crippen LogP contribution is 2.18. The highest BCUT2D eigenvalue weighted by atomic mass is 32.1. The van der Waals surface area contributed by atoms with E-state index in [0.29, 0.717) is 6.54 Å². The van der Waals surface area contributed by atoms with Gasteiger partial charge in [0.25, 0.3) is 0 Å². The van der Waals surface area contributed by atoms with Gasteiger partial charge in [-0.15, -0.1) is 0 Å². The summed E-state index contributed by atoms with van der Waals surface area (Å²) in [7, 11) is 0. The average Bonchev–Trinajstić information content (AvgIpc) is 2.87. The minimum atomic E-state index is -4.38. The Morgan fingerprint density at radius 2 is 1.96 bits per heavy atom. The van der Waals surface area contributed by atoms with Crippen LogP contribution in [-0.2, 0) is 17.9 Å². The summed E-state index contributed by atoms with van der Waals surface area (Å²) in [5, 5.41) is 4.44. The van der Waals surface area contributed by atoms with Gasteiger partial charge in [0.1, 0.15) is 5.75 Å². The van der Waals surface area contributed by atoms with E-state index in [9.17, 15) is 22.8 Å². The molecule has 0 saturated carbocycles. The molecule has 0 radical (unpaired) electrons. The number of rotatable bonds is 7. The lowest BCUT2D eigenvalue weighted by Crippen LogP contribution is -2.26. The predicted molar refractivity (Wildman–Crippen MR) is 87.8 cm³/mol. The number of nitrogens with zero attached hydrogens (tertiary/aromatic N) is 1. The average molecular weight is 374 g/mol. The van der Waals surface area contributed by atoms with Crippen molar-refractivity contribution in [2.24, 2.45) is 0 Å². The van der Waals surface area contributed by atoms with Crippen molar-refractivity contribution in [1.82, 2.24) is 9.88 Å². The molecule has 0 fully saturated rings. The van der Waals surface area contributed by atoms with Crippen LogP contribution in [0.15, 0.2) is 34.4 Å². The van der Waals surface area contributed by atoms with Gasteiger partial charge in [0.15, 0.2) is 6.61 Å². The lowest BCUT2D eigenvalue weighted by atomic mass is 10.2. The van der Waals surface area contributed by atoms with Crippen LogP contribution in [0.4, 0.5) is 13.2 Å². The minimum absolute atomic E-state index is 0.0975. The van der Waals surface area contributed by atoms with Gasteiger partial charge >= 0.3 is 11.0 Å². The van der Waals surface area contributed by atoms with Crippen LogP contribution in [0, 0.1) is 6.92 Å². The molecule has 1 aromatic carbocycles. The fourth-order valence-corrected chi connectivity index (χ4v) is 2.81. The first-order chi connectivity index (χ1) is 11.7. The molecule has 1 heterocycles. The maximum Gasteiger partial charge on any atom is 0.422 e. The Hall–Kier alpha value is -2.29. The van der Waals surface area contributed by atoms with Gasteiger partial charge in [-0.3, -0.25) is 9.59 Å². The van der Waals surface area contributed by atoms with E-state index in [2.05, 4.69) is 10.1 Å². The largest absolute Gasteiger partial charge is 0.484 e. The molecule has 0 atom stereocenters. The maximum atomic E-state index is 12.1. The Bertz CT molecular complexity index is 766. The molecule has 0 spiro atoms. The second kappa shape index (κ2) is 8.19. The van der Waals surface area contributed by atoms with Crippen LogP contribution in [0.25, 0.3) is 0 Å². The minimum Gasteiger partial charge on any atom is -0.484 e. The second-order valence-corrected chi connectivity index (χ2v) is 6.19. The fourth-order valence-electron chi connectivity index (χ4n) is 2.05. The lowest BCUT2D eigenvalue weighted by Gasteiger charge is -2.10. The van der Waals surface area contributed by atoms with E-state index in [1.54, 1.807) is 24.4 Å². The molecule has 0 unspecified atom stereocenters. The molecular formula is C16H17F3N2O3S. The van der Waals surface area contributed by atoms with E-state index >= 15 is 0 Å². The first-order valence-electron chi connectivity index (χ1n) is 7.45. The Morgan fingerprint density at radius 3 is 2.52 bits per heavy atom. The number of alkyl halides is 3. The smallest absolute Gasteiger partial charge is 0.422 e. The highest BCUT2D eigenvalue weighted by molar-refractivity contribution is 7.07. The normalized spacial score (nSPS) is 11.4. The summed E-state index contributed by atoms with van der Waals surface area (Å²) in [5.74, 6) is -0.102. The molecule has 1 amide bonds. The maximum absolute atomic E-state index is 12.1. The van der Waals surface area contributed by atoms with Crippen LogP contribution in [0.5, 0.6) is 5.75 Å². The Balaban J connectivity index is 1.77. The van der Waals surface area contributed by atoms with Crippen molar-refractivity contribution < 1.29 is 22.7 Å². The summed E-state index contributed by atoms with van der Waals surface area (Å²) >= 11 is 1.09. The number of halogens is 3. The molecule has 136 valence electrons. The topological polar surface area (TPSA) is 60.3 Å². The summed E-state index contributed by atoms with van der Waals surface area (Å²) in [6.45, 7) is 1.02. The van der Waals surface area contributed by atoms with E-state index in [0.717, 1.165) is 22.6 Å². The van der Waals surface area contributed by atoms with Gasteiger partial charge in [0.2, 0.25) is 5.91 Å². The monoisotopic (exact) mass is 374 g/mol. The van der Waals surface area contributed by atoms with E-state index in [1.807, 2.05) is 0 Å². The number of ether oxygens (including phenoxy) is 1. The molecule has 0 aliphatic heterocycles. The molecule has 1 N–H and O–H groups in total. The fraction of sp³-hybridized carbons (Fsp3) is 0.375. The summed E-state index contributed by atoms with van der Waals surface area (Å²) in [5.41, 5.74) is 1.55. The zero-order valence-electron chi connectivity index (χ0n) is 13.4. The van der Waals surface area contributed by atoms with Crippen molar-refractivity contribution in [3.05, 3.63) is 50.6 Å². The number of aryl methyl sites for hydroxylation is 1. The molecule has 5 nitrogen and oxygen atoms in total. The summed E-state index contributed by atoms with van der Waals surface area (Å²) in [4.78, 5) is 23.3. The Morgan fingerprint density at radius 1 is 1.28 bits per heavy atom. The van der Waals surface area contributed by atoms with Gasteiger partial charge in [-0.25, -0.2) is 0 Å². The summed E-state index contributed by atoms with van der Waals surface area (Å²) in [6.07, 6.45) is -4.21. The number of hydrogen-bond acceptors (Lipinski definition) is 4. The third-order valence-electron chi connectivity index (χ3n) is 3.35. The third kappa shape index (κ3) is 6.26. The van der Waals surface area contributed by atoms with E-state index in [-0.39, 0.29) is 29.5 Å². The van der Waals surface area contributed by atoms with Crippen LogP contribution in [0.1, 0.15) is 17.7 Å². The standard InChI is InChI=1S/C16H17F3N2O3S/c1-11-9-25-15(23)21(11)7-6-14(22)20-8-12-2-4-13(5-3-12)24-10-16(17,18)19/h2-5,9H,6-8,10H2,1H3,(H,20,22). The molecule has 9 heteroatoms. The molecule has 0 aliphatic carbocycles. The van der Waals surface area contributed by atoms with E-state index < -0.39 is 12.8 Å². The lowest BCUT2D eigenvalue weighted by molar-refractivity contribution is -0.153. The van der Waals surface area contributed by atoms with Crippen molar-refractivity contribution in [3.8, 4) is 5.75 Å². The molecular weight excluding hydrogens is 357 g/mol. The first kappa shape index (κ1) is 19.0. The summed E-state index contributed by atoms with van der Waals surface area (Å²) < 4.78 is 42.3. The van der Waals surface area contributed by atoms with Crippen LogP contribution >= 0.6 is 11.3 Å². The van der Waals surface area contributed by atoms with Crippen LogP contribution < -0.4 is 14.9 Å². The zero-order valence-corrected chi connectivity index (χ0v) is 14.2. The molecule has 0 bridgehead atoms. The highest BCUT2D eigenvalue weighted by Gasteiger charge is 2.28. The number of carbonyl (C=O) groups is 1.